The summed E-state index contributed by atoms with van der Waals surface area (Å²) in [5, 5.41) is 0. The number of aromatic nitrogens is 2. The summed E-state index contributed by atoms with van der Waals surface area (Å²) in [6.45, 7) is 6.27. The van der Waals surface area contributed by atoms with Crippen molar-refractivity contribution in [2.45, 2.75) is 20.8 Å². The molecule has 0 radical (unpaired) electrons. The van der Waals surface area contributed by atoms with E-state index in [9.17, 15) is 0 Å². The van der Waals surface area contributed by atoms with Crippen LogP contribution in [0.1, 0.15) is 17.0 Å². The van der Waals surface area contributed by atoms with Crippen molar-refractivity contribution in [3.63, 3.8) is 0 Å². The Kier molecular flexibility index (Phi) is 2.12. The number of hydrogen-bond donors (Lipinski definition) is 0. The molecule has 0 N–H and O–H groups in total. The smallest absolute Gasteiger partial charge is 0.0640 e. The normalized spacial score (nSPS) is 10.5. The highest BCUT2D eigenvalue weighted by molar-refractivity contribution is 5.37. The summed E-state index contributed by atoms with van der Waals surface area (Å²) in [5.74, 6) is 0. The largest absolute Gasteiger partial charge is 0.317 e. The number of aryl methyl sites for hydroxylation is 3. The molecule has 2 aromatic rings. The van der Waals surface area contributed by atoms with Crippen molar-refractivity contribution in [1.82, 2.24) is 9.55 Å². The highest BCUT2D eigenvalue weighted by Gasteiger charge is 2.03. The molecule has 0 unspecified atom stereocenters. The minimum atomic E-state index is 1.14. The maximum absolute atomic E-state index is 4.20. The Hall–Kier alpha value is -1.57. The lowest BCUT2D eigenvalue weighted by molar-refractivity contribution is 0.952. The van der Waals surface area contributed by atoms with Gasteiger partial charge >= 0.3 is 0 Å². The fourth-order valence-electron chi connectivity index (χ4n) is 1.74. The van der Waals surface area contributed by atoms with E-state index in [0.29, 0.717) is 0 Å². The average Bonchev–Trinajstić information content (AvgIpc) is 2.46. The van der Waals surface area contributed by atoms with E-state index in [-0.39, 0.29) is 0 Å². The molecule has 2 rings (SSSR count). The van der Waals surface area contributed by atoms with Crippen LogP contribution < -0.4 is 0 Å². The SMILES string of the molecule is Cc1cncc(-n2c(C)ccc2C)c1. The average molecular weight is 186 g/mol. The van der Waals surface area contributed by atoms with E-state index in [1.807, 2.05) is 12.4 Å². The van der Waals surface area contributed by atoms with E-state index in [1.165, 1.54) is 17.0 Å². The fraction of sp³-hybridized carbons (Fsp3) is 0.250. The Morgan fingerprint density at radius 1 is 1.00 bits per heavy atom. The van der Waals surface area contributed by atoms with Crippen molar-refractivity contribution in [3.8, 4) is 5.69 Å². The predicted molar refractivity (Wildman–Crippen MR) is 57.8 cm³/mol. The summed E-state index contributed by atoms with van der Waals surface area (Å²) < 4.78 is 2.21. The van der Waals surface area contributed by atoms with Gasteiger partial charge in [0.05, 0.1) is 11.9 Å². The van der Waals surface area contributed by atoms with Crippen LogP contribution in [0.15, 0.2) is 30.6 Å². The molecule has 2 nitrogen and oxygen atoms in total. The molecule has 0 atom stereocenters. The first-order valence-corrected chi connectivity index (χ1v) is 4.75. The zero-order valence-corrected chi connectivity index (χ0v) is 8.78. The van der Waals surface area contributed by atoms with Crippen LogP contribution in [0.5, 0.6) is 0 Å². The molecular weight excluding hydrogens is 172 g/mol. The standard InChI is InChI=1S/C12H14N2/c1-9-6-12(8-13-7-9)14-10(2)4-5-11(14)3/h4-8H,1-3H3. The molecule has 0 bridgehead atoms. The lowest BCUT2D eigenvalue weighted by atomic mass is 10.3. The van der Waals surface area contributed by atoms with Gasteiger partial charge in [-0.05, 0) is 44.5 Å². The Morgan fingerprint density at radius 2 is 1.64 bits per heavy atom. The maximum Gasteiger partial charge on any atom is 0.0640 e. The highest BCUT2D eigenvalue weighted by atomic mass is 15.0. The highest BCUT2D eigenvalue weighted by Crippen LogP contribution is 2.15. The second kappa shape index (κ2) is 3.29. The van der Waals surface area contributed by atoms with E-state index in [2.05, 4.69) is 48.5 Å². The summed E-state index contributed by atoms with van der Waals surface area (Å²) in [6.07, 6.45) is 3.77. The molecule has 0 saturated carbocycles. The zero-order valence-electron chi connectivity index (χ0n) is 8.78. The van der Waals surface area contributed by atoms with Crippen LogP contribution in [0.2, 0.25) is 0 Å². The lowest BCUT2D eigenvalue weighted by Crippen LogP contribution is -1.99. The van der Waals surface area contributed by atoms with Crippen LogP contribution in [0.4, 0.5) is 0 Å². The molecule has 0 aliphatic heterocycles. The van der Waals surface area contributed by atoms with Gasteiger partial charge in [-0.1, -0.05) is 0 Å². The molecule has 14 heavy (non-hydrogen) atoms. The Labute approximate surface area is 84.2 Å². The lowest BCUT2D eigenvalue weighted by Gasteiger charge is -2.08. The molecule has 72 valence electrons. The van der Waals surface area contributed by atoms with E-state index in [0.717, 1.165) is 5.69 Å². The molecule has 2 heteroatoms. The van der Waals surface area contributed by atoms with Gasteiger partial charge in [-0.2, -0.15) is 0 Å². The maximum atomic E-state index is 4.20. The summed E-state index contributed by atoms with van der Waals surface area (Å²) >= 11 is 0. The van der Waals surface area contributed by atoms with Crippen molar-refractivity contribution in [3.05, 3.63) is 47.5 Å². The van der Waals surface area contributed by atoms with Gasteiger partial charge in [-0.3, -0.25) is 4.98 Å². The molecule has 2 aromatic heterocycles. The Balaban J connectivity index is 2.59. The van der Waals surface area contributed by atoms with Gasteiger partial charge in [0, 0.05) is 17.6 Å². The van der Waals surface area contributed by atoms with Crippen molar-refractivity contribution in [2.75, 3.05) is 0 Å². The number of pyridine rings is 1. The molecular formula is C12H14N2. The fourth-order valence-corrected chi connectivity index (χ4v) is 1.74. The van der Waals surface area contributed by atoms with Crippen molar-refractivity contribution >= 4 is 0 Å². The van der Waals surface area contributed by atoms with E-state index in [4.69, 9.17) is 0 Å². The summed E-state index contributed by atoms with van der Waals surface area (Å²) in [7, 11) is 0. The minimum absolute atomic E-state index is 1.14. The van der Waals surface area contributed by atoms with Crippen molar-refractivity contribution in [1.29, 1.82) is 0 Å². The first-order chi connectivity index (χ1) is 6.68. The summed E-state index contributed by atoms with van der Waals surface area (Å²) in [5.41, 5.74) is 4.82. The van der Waals surface area contributed by atoms with E-state index in [1.54, 1.807) is 0 Å². The molecule has 0 aliphatic carbocycles. The summed E-state index contributed by atoms with van der Waals surface area (Å²) in [4.78, 5) is 4.20. The third-order valence-corrected chi connectivity index (χ3v) is 2.39. The first-order valence-electron chi connectivity index (χ1n) is 4.75. The molecule has 2 heterocycles. The third-order valence-electron chi connectivity index (χ3n) is 2.39. The zero-order chi connectivity index (χ0) is 10.1. The Bertz CT molecular complexity index is 436. The van der Waals surface area contributed by atoms with E-state index < -0.39 is 0 Å². The van der Waals surface area contributed by atoms with Crippen molar-refractivity contribution < 1.29 is 0 Å². The predicted octanol–water partition coefficient (Wildman–Crippen LogP) is 2.80. The molecule has 0 aliphatic rings. The molecule has 0 saturated heterocycles. The van der Waals surface area contributed by atoms with Gasteiger partial charge < -0.3 is 4.57 Å². The number of nitrogens with zero attached hydrogens (tertiary/aromatic N) is 2. The minimum Gasteiger partial charge on any atom is -0.317 e. The quantitative estimate of drug-likeness (QED) is 0.669. The monoisotopic (exact) mass is 186 g/mol. The van der Waals surface area contributed by atoms with Crippen LogP contribution >= 0.6 is 0 Å². The topological polar surface area (TPSA) is 17.8 Å². The van der Waals surface area contributed by atoms with Gasteiger partial charge in [-0.15, -0.1) is 0 Å². The van der Waals surface area contributed by atoms with E-state index >= 15 is 0 Å². The molecule has 0 fully saturated rings. The van der Waals surface area contributed by atoms with Crippen LogP contribution in [-0.4, -0.2) is 9.55 Å². The number of rotatable bonds is 1. The third kappa shape index (κ3) is 1.43. The molecule has 0 spiro atoms. The summed E-state index contributed by atoms with van der Waals surface area (Å²) in [6, 6.07) is 6.39. The van der Waals surface area contributed by atoms with Gasteiger partial charge in [0.15, 0.2) is 0 Å². The van der Waals surface area contributed by atoms with Gasteiger partial charge in [0.1, 0.15) is 0 Å². The second-order valence-electron chi connectivity index (χ2n) is 3.67. The van der Waals surface area contributed by atoms with Crippen LogP contribution in [0, 0.1) is 20.8 Å². The number of hydrogen-bond acceptors (Lipinski definition) is 1. The molecule has 0 aromatic carbocycles. The van der Waals surface area contributed by atoms with Gasteiger partial charge in [-0.25, -0.2) is 0 Å². The van der Waals surface area contributed by atoms with Crippen LogP contribution in [0.3, 0.4) is 0 Å². The van der Waals surface area contributed by atoms with Gasteiger partial charge in [0.25, 0.3) is 0 Å². The van der Waals surface area contributed by atoms with Gasteiger partial charge in [0.2, 0.25) is 0 Å². The second-order valence-corrected chi connectivity index (χ2v) is 3.67. The van der Waals surface area contributed by atoms with Crippen molar-refractivity contribution in [2.24, 2.45) is 0 Å². The van der Waals surface area contributed by atoms with Crippen LogP contribution in [0.25, 0.3) is 5.69 Å². The molecule has 0 amide bonds. The van der Waals surface area contributed by atoms with Crippen LogP contribution in [-0.2, 0) is 0 Å². The first kappa shape index (κ1) is 9.00. The Morgan fingerprint density at radius 3 is 2.21 bits per heavy atom.